The first kappa shape index (κ1) is 20.3. The van der Waals surface area contributed by atoms with Crippen molar-refractivity contribution in [1.82, 2.24) is 0 Å². The normalized spacial score (nSPS) is 13.7. The van der Waals surface area contributed by atoms with Crippen molar-refractivity contribution in [1.29, 1.82) is 0 Å². The standard InChI is InChI=1S/C24H18F2N2O3/c1-2-31-18-10-6-9-17(14-18)27-22-21(15-7-4-3-5-8-15)23(29)28(24(22)30)20-13-16(25)11-12-19(20)26/h3-14,27H,2H2,1H3. The molecule has 0 radical (unpaired) electrons. The van der Waals surface area contributed by atoms with Crippen LogP contribution in [0.2, 0.25) is 0 Å². The number of hydrogen-bond donors (Lipinski definition) is 1. The van der Waals surface area contributed by atoms with E-state index in [0.29, 0.717) is 28.5 Å². The first-order chi connectivity index (χ1) is 15.0. The maximum Gasteiger partial charge on any atom is 0.282 e. The van der Waals surface area contributed by atoms with E-state index >= 15 is 0 Å². The number of benzene rings is 3. The Balaban J connectivity index is 1.81. The second-order valence-electron chi connectivity index (χ2n) is 6.74. The quantitative estimate of drug-likeness (QED) is 0.584. The minimum Gasteiger partial charge on any atom is -0.494 e. The monoisotopic (exact) mass is 420 g/mol. The van der Waals surface area contributed by atoms with Crippen LogP contribution in [0.5, 0.6) is 5.75 Å². The highest BCUT2D eigenvalue weighted by molar-refractivity contribution is 6.46. The molecule has 0 aromatic heterocycles. The zero-order valence-electron chi connectivity index (χ0n) is 16.6. The van der Waals surface area contributed by atoms with Gasteiger partial charge in [-0.05, 0) is 36.8 Å². The fourth-order valence-electron chi connectivity index (χ4n) is 3.37. The Morgan fingerprint density at radius 1 is 0.903 bits per heavy atom. The maximum absolute atomic E-state index is 14.4. The van der Waals surface area contributed by atoms with Gasteiger partial charge in [-0.2, -0.15) is 0 Å². The van der Waals surface area contributed by atoms with Gasteiger partial charge in [0.2, 0.25) is 0 Å². The Kier molecular flexibility index (Phi) is 5.49. The summed E-state index contributed by atoms with van der Waals surface area (Å²) in [5.41, 5.74) is 0.577. The van der Waals surface area contributed by atoms with Crippen molar-refractivity contribution in [2.45, 2.75) is 6.92 Å². The number of nitrogens with zero attached hydrogens (tertiary/aromatic N) is 1. The number of halogens is 2. The van der Waals surface area contributed by atoms with Gasteiger partial charge >= 0.3 is 0 Å². The summed E-state index contributed by atoms with van der Waals surface area (Å²) in [6, 6.07) is 18.1. The third kappa shape index (κ3) is 3.90. The Morgan fingerprint density at radius 2 is 1.68 bits per heavy atom. The maximum atomic E-state index is 14.4. The molecule has 3 aromatic rings. The van der Waals surface area contributed by atoms with Crippen LogP contribution in [-0.4, -0.2) is 18.4 Å². The molecule has 0 saturated heterocycles. The summed E-state index contributed by atoms with van der Waals surface area (Å²) in [7, 11) is 0. The highest BCUT2D eigenvalue weighted by Crippen LogP contribution is 2.35. The SMILES string of the molecule is CCOc1cccc(NC2=C(c3ccccc3)C(=O)N(c3cc(F)ccc3F)C2=O)c1. The third-order valence-corrected chi connectivity index (χ3v) is 4.71. The molecule has 1 aliphatic heterocycles. The Hall–Kier alpha value is -4.00. The lowest BCUT2D eigenvalue weighted by Crippen LogP contribution is -2.33. The molecule has 5 nitrogen and oxygen atoms in total. The van der Waals surface area contributed by atoms with Crippen LogP contribution in [0.1, 0.15) is 12.5 Å². The molecule has 0 fully saturated rings. The molecule has 1 heterocycles. The van der Waals surface area contributed by atoms with Crippen molar-refractivity contribution in [3.05, 3.63) is 95.7 Å². The van der Waals surface area contributed by atoms with E-state index < -0.39 is 29.1 Å². The van der Waals surface area contributed by atoms with Gasteiger partial charge in [0, 0.05) is 17.8 Å². The fraction of sp³-hybridized carbons (Fsp3) is 0.0833. The van der Waals surface area contributed by atoms with Crippen LogP contribution in [0.25, 0.3) is 5.57 Å². The van der Waals surface area contributed by atoms with Gasteiger partial charge in [0.25, 0.3) is 11.8 Å². The number of anilines is 2. The number of rotatable bonds is 6. The van der Waals surface area contributed by atoms with Crippen LogP contribution in [-0.2, 0) is 9.59 Å². The Bertz CT molecular complexity index is 1190. The van der Waals surface area contributed by atoms with Gasteiger partial charge in [0.05, 0.1) is 17.9 Å². The summed E-state index contributed by atoms with van der Waals surface area (Å²) >= 11 is 0. The molecule has 0 atom stereocenters. The Labute approximate surface area is 177 Å². The number of hydrogen-bond acceptors (Lipinski definition) is 4. The van der Waals surface area contributed by atoms with E-state index in [1.54, 1.807) is 54.6 Å². The van der Waals surface area contributed by atoms with Crippen LogP contribution in [0.3, 0.4) is 0 Å². The third-order valence-electron chi connectivity index (χ3n) is 4.71. The molecule has 0 unspecified atom stereocenters. The number of carbonyl (C=O) groups is 2. The van der Waals surface area contributed by atoms with Crippen LogP contribution in [0, 0.1) is 11.6 Å². The van der Waals surface area contributed by atoms with E-state index in [4.69, 9.17) is 4.74 Å². The van der Waals surface area contributed by atoms with Crippen molar-refractivity contribution in [3.63, 3.8) is 0 Å². The van der Waals surface area contributed by atoms with E-state index in [9.17, 15) is 18.4 Å². The van der Waals surface area contributed by atoms with Gasteiger partial charge in [-0.1, -0.05) is 36.4 Å². The zero-order valence-corrected chi connectivity index (χ0v) is 16.6. The molecule has 1 N–H and O–H groups in total. The Morgan fingerprint density at radius 3 is 2.42 bits per heavy atom. The molecule has 0 bridgehead atoms. The number of imide groups is 1. The van der Waals surface area contributed by atoms with Crippen LogP contribution in [0.4, 0.5) is 20.2 Å². The van der Waals surface area contributed by atoms with Crippen molar-refractivity contribution in [2.24, 2.45) is 0 Å². The first-order valence-corrected chi connectivity index (χ1v) is 9.63. The second kappa shape index (κ2) is 8.39. The molecule has 156 valence electrons. The van der Waals surface area contributed by atoms with Gasteiger partial charge in [-0.3, -0.25) is 9.59 Å². The zero-order chi connectivity index (χ0) is 22.0. The smallest absolute Gasteiger partial charge is 0.282 e. The van der Waals surface area contributed by atoms with Gasteiger partial charge in [0.1, 0.15) is 23.1 Å². The average Bonchev–Trinajstić information content (AvgIpc) is 3.00. The minimum atomic E-state index is -0.880. The number of ether oxygens (including phenoxy) is 1. The molecule has 0 spiro atoms. The summed E-state index contributed by atoms with van der Waals surface area (Å²) < 4.78 is 33.7. The molecule has 3 aromatic carbocycles. The van der Waals surface area contributed by atoms with E-state index in [-0.39, 0.29) is 11.3 Å². The molecule has 7 heteroatoms. The van der Waals surface area contributed by atoms with Gasteiger partial charge in [0.15, 0.2) is 0 Å². The summed E-state index contributed by atoms with van der Waals surface area (Å²) in [5.74, 6) is -2.59. The molecular weight excluding hydrogens is 402 g/mol. The lowest BCUT2D eigenvalue weighted by molar-refractivity contribution is -0.120. The van der Waals surface area contributed by atoms with Crippen molar-refractivity contribution >= 4 is 28.8 Å². The molecule has 0 saturated carbocycles. The molecule has 1 aliphatic rings. The van der Waals surface area contributed by atoms with Crippen LogP contribution < -0.4 is 15.0 Å². The molecule has 2 amide bonds. The van der Waals surface area contributed by atoms with E-state index in [1.807, 2.05) is 6.92 Å². The lowest BCUT2D eigenvalue weighted by Gasteiger charge is -2.16. The highest BCUT2D eigenvalue weighted by atomic mass is 19.1. The van der Waals surface area contributed by atoms with Gasteiger partial charge in [-0.25, -0.2) is 13.7 Å². The van der Waals surface area contributed by atoms with Crippen molar-refractivity contribution in [3.8, 4) is 5.75 Å². The topological polar surface area (TPSA) is 58.6 Å². The number of nitrogens with one attached hydrogen (secondary N) is 1. The molecule has 4 rings (SSSR count). The van der Waals surface area contributed by atoms with Crippen LogP contribution >= 0.6 is 0 Å². The predicted octanol–water partition coefficient (Wildman–Crippen LogP) is 4.76. The van der Waals surface area contributed by atoms with Crippen molar-refractivity contribution in [2.75, 3.05) is 16.8 Å². The second-order valence-corrected chi connectivity index (χ2v) is 6.74. The summed E-state index contributed by atoms with van der Waals surface area (Å²) in [6.45, 7) is 2.31. The van der Waals surface area contributed by atoms with Gasteiger partial charge < -0.3 is 10.1 Å². The lowest BCUT2D eigenvalue weighted by atomic mass is 10.0. The summed E-state index contributed by atoms with van der Waals surface area (Å²) in [5, 5.41) is 2.97. The van der Waals surface area contributed by atoms with E-state index in [2.05, 4.69) is 5.32 Å². The van der Waals surface area contributed by atoms with Crippen molar-refractivity contribution < 1.29 is 23.1 Å². The fourth-order valence-corrected chi connectivity index (χ4v) is 3.37. The average molecular weight is 420 g/mol. The first-order valence-electron chi connectivity index (χ1n) is 9.63. The molecular formula is C24H18F2N2O3. The highest BCUT2D eigenvalue weighted by Gasteiger charge is 2.41. The molecule has 31 heavy (non-hydrogen) atoms. The largest absolute Gasteiger partial charge is 0.494 e. The van der Waals surface area contributed by atoms with Gasteiger partial charge in [-0.15, -0.1) is 0 Å². The van der Waals surface area contributed by atoms with E-state index in [1.165, 1.54) is 0 Å². The molecule has 0 aliphatic carbocycles. The predicted molar refractivity (Wildman–Crippen MR) is 113 cm³/mol. The summed E-state index contributed by atoms with van der Waals surface area (Å²) in [6.07, 6.45) is 0. The number of amides is 2. The van der Waals surface area contributed by atoms with Crippen LogP contribution in [0.15, 0.2) is 78.5 Å². The minimum absolute atomic E-state index is 0.0338. The summed E-state index contributed by atoms with van der Waals surface area (Å²) in [4.78, 5) is 27.1. The number of carbonyl (C=O) groups excluding carboxylic acids is 2. The van der Waals surface area contributed by atoms with E-state index in [0.717, 1.165) is 18.2 Å².